The fourth-order valence-electron chi connectivity index (χ4n) is 1.76. The number of carbonyl (C=O) groups excluding carboxylic acids is 1. The molecule has 116 valence electrons. The van der Waals surface area contributed by atoms with E-state index in [0.717, 1.165) is 23.3 Å². The van der Waals surface area contributed by atoms with Gasteiger partial charge in [0.2, 0.25) is 5.91 Å². The summed E-state index contributed by atoms with van der Waals surface area (Å²) in [6, 6.07) is 7.63. The van der Waals surface area contributed by atoms with Crippen LogP contribution in [-0.4, -0.2) is 30.3 Å². The van der Waals surface area contributed by atoms with Crippen molar-refractivity contribution in [1.29, 1.82) is 0 Å². The van der Waals surface area contributed by atoms with Crippen LogP contribution in [-0.2, 0) is 4.79 Å². The first-order chi connectivity index (χ1) is 9.93. The van der Waals surface area contributed by atoms with Gasteiger partial charge in [-0.25, -0.2) is 0 Å². The first kappa shape index (κ1) is 17.2. The van der Waals surface area contributed by atoms with Gasteiger partial charge in [-0.05, 0) is 44.9 Å². The Labute approximate surface area is 126 Å². The normalized spacial score (nSPS) is 13.4. The van der Waals surface area contributed by atoms with E-state index in [1.807, 2.05) is 45.0 Å². The van der Waals surface area contributed by atoms with E-state index in [1.54, 1.807) is 6.92 Å². The lowest BCUT2D eigenvalue weighted by Gasteiger charge is -2.14. The number of benzene rings is 1. The Balaban J connectivity index is 2.38. The number of rotatable bonds is 7. The molecule has 0 spiro atoms. The number of aryl methyl sites for hydroxylation is 1. The quantitative estimate of drug-likeness (QED) is 0.759. The first-order valence-electron chi connectivity index (χ1n) is 7.26. The Morgan fingerprint density at radius 1 is 1.38 bits per heavy atom. The number of nitrogens with one attached hydrogen (secondary N) is 1. The summed E-state index contributed by atoms with van der Waals surface area (Å²) in [6.45, 7) is 8.06. The molecule has 1 aromatic rings. The molecule has 0 aromatic heterocycles. The molecule has 1 amide bonds. The lowest BCUT2D eigenvalue weighted by Crippen LogP contribution is -2.35. The zero-order valence-electron chi connectivity index (χ0n) is 13.3. The molecule has 2 N–H and O–H groups in total. The van der Waals surface area contributed by atoms with Gasteiger partial charge in [0.05, 0.1) is 0 Å². The van der Waals surface area contributed by atoms with Gasteiger partial charge >= 0.3 is 0 Å². The SMILES string of the molecule is CC/C(C)=C(/C)C(=O)NCC(O)COc1cccc(C)c1. The lowest BCUT2D eigenvalue weighted by molar-refractivity contribution is -0.118. The van der Waals surface area contributed by atoms with E-state index in [1.165, 1.54) is 0 Å². The molecule has 1 atom stereocenters. The highest BCUT2D eigenvalue weighted by Gasteiger charge is 2.10. The molecular weight excluding hydrogens is 266 g/mol. The predicted molar refractivity (Wildman–Crippen MR) is 84.4 cm³/mol. The van der Waals surface area contributed by atoms with Gasteiger partial charge in [-0.3, -0.25) is 4.79 Å². The minimum Gasteiger partial charge on any atom is -0.491 e. The number of amides is 1. The van der Waals surface area contributed by atoms with Gasteiger partial charge in [-0.1, -0.05) is 24.6 Å². The highest BCUT2D eigenvalue weighted by Crippen LogP contribution is 2.12. The molecular formula is C17H25NO3. The standard InChI is InChI=1S/C17H25NO3/c1-5-13(3)14(4)17(20)18-10-15(19)11-21-16-8-6-7-12(2)9-16/h6-9,15,19H,5,10-11H2,1-4H3,(H,18,20)/b14-13-. The summed E-state index contributed by atoms with van der Waals surface area (Å²) in [5, 5.41) is 12.6. The van der Waals surface area contributed by atoms with Gasteiger partial charge < -0.3 is 15.2 Å². The Hall–Kier alpha value is -1.81. The predicted octanol–water partition coefficient (Wildman–Crippen LogP) is 2.60. The third-order valence-electron chi connectivity index (χ3n) is 3.44. The van der Waals surface area contributed by atoms with Crippen LogP contribution in [0.4, 0.5) is 0 Å². The number of aliphatic hydroxyl groups excluding tert-OH is 1. The van der Waals surface area contributed by atoms with Crippen LogP contribution in [0.5, 0.6) is 5.75 Å². The molecule has 1 rings (SSSR count). The van der Waals surface area contributed by atoms with Crippen LogP contribution in [0.1, 0.15) is 32.8 Å². The molecule has 0 aliphatic rings. The van der Waals surface area contributed by atoms with Gasteiger partial charge in [0.1, 0.15) is 18.5 Å². The molecule has 1 unspecified atom stereocenters. The molecule has 1 aromatic carbocycles. The molecule has 4 nitrogen and oxygen atoms in total. The molecule has 21 heavy (non-hydrogen) atoms. The maximum atomic E-state index is 11.8. The minimum atomic E-state index is -0.732. The summed E-state index contributed by atoms with van der Waals surface area (Å²) in [5.41, 5.74) is 2.87. The van der Waals surface area contributed by atoms with Crippen molar-refractivity contribution in [2.45, 2.75) is 40.2 Å². The number of aliphatic hydroxyl groups is 1. The summed E-state index contributed by atoms with van der Waals surface area (Å²) in [4.78, 5) is 11.8. The largest absolute Gasteiger partial charge is 0.491 e. The first-order valence-corrected chi connectivity index (χ1v) is 7.26. The van der Waals surface area contributed by atoms with Crippen LogP contribution in [0.15, 0.2) is 35.4 Å². The molecule has 0 saturated heterocycles. The molecule has 0 fully saturated rings. The molecule has 0 aliphatic heterocycles. The van der Waals surface area contributed by atoms with Gasteiger partial charge in [-0.15, -0.1) is 0 Å². The van der Waals surface area contributed by atoms with Crippen molar-refractivity contribution >= 4 is 5.91 Å². The van der Waals surface area contributed by atoms with E-state index in [4.69, 9.17) is 4.74 Å². The smallest absolute Gasteiger partial charge is 0.246 e. The number of hydrogen-bond acceptors (Lipinski definition) is 3. The van der Waals surface area contributed by atoms with Crippen LogP contribution in [0.2, 0.25) is 0 Å². The topological polar surface area (TPSA) is 58.6 Å². The third-order valence-corrected chi connectivity index (χ3v) is 3.44. The van der Waals surface area contributed by atoms with Crippen molar-refractivity contribution < 1.29 is 14.6 Å². The highest BCUT2D eigenvalue weighted by atomic mass is 16.5. The molecule has 0 bridgehead atoms. The Bertz CT molecular complexity index is 509. The molecule has 4 heteroatoms. The number of ether oxygens (including phenoxy) is 1. The maximum absolute atomic E-state index is 11.8. The molecule has 0 heterocycles. The Morgan fingerprint density at radius 3 is 2.71 bits per heavy atom. The summed E-state index contributed by atoms with van der Waals surface area (Å²) in [6.07, 6.45) is 0.113. The average molecular weight is 291 g/mol. The van der Waals surface area contributed by atoms with Crippen molar-refractivity contribution in [3.63, 3.8) is 0 Å². The van der Waals surface area contributed by atoms with Gasteiger partial charge in [-0.2, -0.15) is 0 Å². The van der Waals surface area contributed by atoms with E-state index < -0.39 is 6.10 Å². The summed E-state index contributed by atoms with van der Waals surface area (Å²) >= 11 is 0. The summed E-state index contributed by atoms with van der Waals surface area (Å²) in [5.74, 6) is 0.585. The second-order valence-corrected chi connectivity index (χ2v) is 5.25. The van der Waals surface area contributed by atoms with E-state index in [2.05, 4.69) is 5.32 Å². The number of allylic oxidation sites excluding steroid dienone is 1. The van der Waals surface area contributed by atoms with Crippen molar-refractivity contribution in [2.24, 2.45) is 0 Å². The van der Waals surface area contributed by atoms with Gasteiger partial charge in [0.15, 0.2) is 0 Å². The average Bonchev–Trinajstić information content (AvgIpc) is 2.49. The lowest BCUT2D eigenvalue weighted by atomic mass is 10.1. The highest BCUT2D eigenvalue weighted by molar-refractivity contribution is 5.93. The minimum absolute atomic E-state index is 0.135. The van der Waals surface area contributed by atoms with E-state index in [-0.39, 0.29) is 19.1 Å². The fraction of sp³-hybridized carbons (Fsp3) is 0.471. The number of hydrogen-bond donors (Lipinski definition) is 2. The van der Waals surface area contributed by atoms with E-state index >= 15 is 0 Å². The van der Waals surface area contributed by atoms with Crippen LogP contribution >= 0.6 is 0 Å². The van der Waals surface area contributed by atoms with Crippen molar-refractivity contribution in [1.82, 2.24) is 5.32 Å². The van der Waals surface area contributed by atoms with Crippen LogP contribution in [0, 0.1) is 6.92 Å². The van der Waals surface area contributed by atoms with Crippen molar-refractivity contribution in [3.8, 4) is 5.75 Å². The molecule has 0 aliphatic carbocycles. The van der Waals surface area contributed by atoms with E-state index in [9.17, 15) is 9.90 Å². The van der Waals surface area contributed by atoms with Gasteiger partial charge in [0, 0.05) is 12.1 Å². The Kier molecular flexibility index (Phi) is 6.96. The fourth-order valence-corrected chi connectivity index (χ4v) is 1.76. The van der Waals surface area contributed by atoms with Crippen molar-refractivity contribution in [3.05, 3.63) is 41.0 Å². The molecule has 0 saturated carbocycles. The summed E-state index contributed by atoms with van der Waals surface area (Å²) < 4.78 is 5.50. The second-order valence-electron chi connectivity index (χ2n) is 5.25. The van der Waals surface area contributed by atoms with E-state index in [0.29, 0.717) is 5.57 Å². The maximum Gasteiger partial charge on any atom is 0.246 e. The second kappa shape index (κ2) is 8.47. The number of carbonyl (C=O) groups is 1. The van der Waals surface area contributed by atoms with Gasteiger partial charge in [0.25, 0.3) is 0 Å². The van der Waals surface area contributed by atoms with Crippen LogP contribution in [0.3, 0.4) is 0 Å². The van der Waals surface area contributed by atoms with Crippen LogP contribution in [0.25, 0.3) is 0 Å². The summed E-state index contributed by atoms with van der Waals surface area (Å²) in [7, 11) is 0. The van der Waals surface area contributed by atoms with Crippen molar-refractivity contribution in [2.75, 3.05) is 13.2 Å². The third kappa shape index (κ3) is 6.00. The zero-order chi connectivity index (χ0) is 15.8. The molecule has 0 radical (unpaired) electrons. The van der Waals surface area contributed by atoms with Crippen LogP contribution < -0.4 is 10.1 Å². The monoisotopic (exact) mass is 291 g/mol. The zero-order valence-corrected chi connectivity index (χ0v) is 13.3. The Morgan fingerprint density at radius 2 is 2.10 bits per heavy atom.